The number of nitrogens with zero attached hydrogens (tertiary/aromatic N) is 3. The molecule has 5 nitrogen and oxygen atoms in total. The first kappa shape index (κ1) is 22.0. The number of piperazine rings is 1. The van der Waals surface area contributed by atoms with Crippen LogP contribution in [0.3, 0.4) is 0 Å². The van der Waals surface area contributed by atoms with Crippen LogP contribution in [0.5, 0.6) is 5.75 Å². The van der Waals surface area contributed by atoms with Crippen LogP contribution in [0.2, 0.25) is 0 Å². The number of likely N-dealkylation sites (N-methyl/N-ethyl adjacent to an activating group) is 1. The highest BCUT2D eigenvalue weighted by Gasteiger charge is 2.26. The van der Waals surface area contributed by atoms with E-state index in [2.05, 4.69) is 18.4 Å². The molecule has 0 spiro atoms. The third kappa shape index (κ3) is 4.39. The molecule has 1 aromatic heterocycles. The first-order chi connectivity index (χ1) is 15.5. The van der Waals surface area contributed by atoms with Crippen LogP contribution in [0.25, 0.3) is 10.9 Å². The Hall–Kier alpha value is -3.19. The van der Waals surface area contributed by atoms with E-state index in [0.717, 1.165) is 36.6 Å². The summed E-state index contributed by atoms with van der Waals surface area (Å²) in [6.07, 6.45) is 1.66. The second-order valence-electron chi connectivity index (χ2n) is 7.88. The maximum absolute atomic E-state index is 13.9. The lowest BCUT2D eigenvalue weighted by atomic mass is 10.2. The van der Waals surface area contributed by atoms with Gasteiger partial charge in [0.2, 0.25) is 0 Å². The number of rotatable bonds is 7. The quantitative estimate of drug-likeness (QED) is 0.515. The summed E-state index contributed by atoms with van der Waals surface area (Å²) in [7, 11) is 0. The fourth-order valence-corrected chi connectivity index (χ4v) is 4.13. The van der Waals surface area contributed by atoms with Gasteiger partial charge >= 0.3 is 0 Å². The molecule has 32 heavy (non-hydrogen) atoms. The molecule has 1 aliphatic rings. The second kappa shape index (κ2) is 9.53. The van der Waals surface area contributed by atoms with Crippen molar-refractivity contribution in [2.24, 2.45) is 0 Å². The van der Waals surface area contributed by atoms with Crippen LogP contribution in [0, 0.1) is 11.6 Å². The average molecular weight is 440 g/mol. The Morgan fingerprint density at radius 3 is 2.56 bits per heavy atom. The van der Waals surface area contributed by atoms with Crippen molar-refractivity contribution in [3.63, 3.8) is 0 Å². The van der Waals surface area contributed by atoms with E-state index >= 15 is 0 Å². The van der Waals surface area contributed by atoms with Crippen LogP contribution in [0.1, 0.15) is 23.0 Å². The number of amides is 1. The van der Waals surface area contributed by atoms with Crippen molar-refractivity contribution in [3.8, 4) is 5.75 Å². The van der Waals surface area contributed by atoms with E-state index in [1.807, 2.05) is 33.7 Å². The van der Waals surface area contributed by atoms with Crippen LogP contribution in [-0.4, -0.2) is 59.6 Å². The van der Waals surface area contributed by atoms with E-state index < -0.39 is 11.6 Å². The molecular formula is C25H27F2N3O2. The molecule has 0 saturated carbocycles. The molecule has 168 valence electrons. The molecular weight excluding hydrogens is 412 g/mol. The Bertz CT molecular complexity index is 1130. The minimum atomic E-state index is -0.905. The summed E-state index contributed by atoms with van der Waals surface area (Å²) >= 11 is 0. The third-order valence-corrected chi connectivity index (χ3v) is 5.91. The third-order valence-electron chi connectivity index (χ3n) is 5.91. The molecule has 0 aliphatic carbocycles. The Labute approximate surface area is 186 Å². The number of fused-ring (bicyclic) bond motifs is 1. The number of hydrogen-bond donors (Lipinski definition) is 0. The van der Waals surface area contributed by atoms with Gasteiger partial charge in [-0.25, -0.2) is 8.78 Å². The zero-order chi connectivity index (χ0) is 22.7. The molecule has 1 amide bonds. The Morgan fingerprint density at radius 2 is 1.88 bits per heavy atom. The Balaban J connectivity index is 1.75. The van der Waals surface area contributed by atoms with E-state index in [9.17, 15) is 13.6 Å². The van der Waals surface area contributed by atoms with Crippen LogP contribution in [0.15, 0.2) is 55.1 Å². The lowest BCUT2D eigenvalue weighted by Gasteiger charge is -2.34. The van der Waals surface area contributed by atoms with Crippen molar-refractivity contribution < 1.29 is 18.3 Å². The largest absolute Gasteiger partial charge is 0.489 e. The number of benzene rings is 2. The molecule has 1 aliphatic heterocycles. The molecule has 2 heterocycles. The van der Waals surface area contributed by atoms with E-state index in [-0.39, 0.29) is 12.5 Å². The fraction of sp³-hybridized carbons (Fsp3) is 0.320. The molecule has 7 heteroatoms. The highest BCUT2D eigenvalue weighted by molar-refractivity contribution is 6.00. The van der Waals surface area contributed by atoms with Gasteiger partial charge in [0.25, 0.3) is 5.91 Å². The number of carbonyl (C=O) groups excluding carboxylic acids is 1. The summed E-state index contributed by atoms with van der Waals surface area (Å²) in [6, 6.07) is 11.3. The summed E-state index contributed by atoms with van der Waals surface area (Å²) < 4.78 is 35.0. The van der Waals surface area contributed by atoms with Gasteiger partial charge in [0.1, 0.15) is 18.1 Å². The summed E-state index contributed by atoms with van der Waals surface area (Å²) in [5, 5.41) is 0.799. The number of halogens is 2. The average Bonchev–Trinajstić information content (AvgIpc) is 3.18. The van der Waals surface area contributed by atoms with Gasteiger partial charge < -0.3 is 19.1 Å². The molecule has 3 aromatic rings. The van der Waals surface area contributed by atoms with Gasteiger partial charge in [-0.2, -0.15) is 0 Å². The van der Waals surface area contributed by atoms with Crippen molar-refractivity contribution in [2.45, 2.75) is 13.5 Å². The molecule has 2 aromatic carbocycles. The zero-order valence-corrected chi connectivity index (χ0v) is 18.2. The number of aromatic nitrogens is 1. The van der Waals surface area contributed by atoms with Crippen molar-refractivity contribution in [1.82, 2.24) is 14.4 Å². The van der Waals surface area contributed by atoms with Gasteiger partial charge in [0, 0.05) is 38.1 Å². The minimum absolute atomic E-state index is 0.0748. The molecule has 0 unspecified atom stereocenters. The molecule has 4 rings (SSSR count). The first-order valence-electron chi connectivity index (χ1n) is 10.8. The summed E-state index contributed by atoms with van der Waals surface area (Å²) in [6.45, 7) is 10.3. The van der Waals surface area contributed by atoms with E-state index in [0.29, 0.717) is 36.7 Å². The first-order valence-corrected chi connectivity index (χ1v) is 10.8. The van der Waals surface area contributed by atoms with E-state index in [4.69, 9.17) is 4.74 Å². The maximum Gasteiger partial charge on any atom is 0.270 e. The number of ether oxygens (including phenoxy) is 1. The SMILES string of the molecule is C=CCOc1cccc2c1cc(C(=O)N1CCN(CC)CC1)n2Cc1ccc(F)c(F)c1. The van der Waals surface area contributed by atoms with Crippen molar-refractivity contribution in [1.29, 1.82) is 0 Å². The van der Waals surface area contributed by atoms with Crippen LogP contribution < -0.4 is 4.74 Å². The lowest BCUT2D eigenvalue weighted by molar-refractivity contribution is 0.0633. The molecule has 1 fully saturated rings. The van der Waals surface area contributed by atoms with E-state index in [1.165, 1.54) is 12.1 Å². The highest BCUT2D eigenvalue weighted by Crippen LogP contribution is 2.31. The van der Waals surface area contributed by atoms with Crippen LogP contribution in [0.4, 0.5) is 8.78 Å². The lowest BCUT2D eigenvalue weighted by Crippen LogP contribution is -2.48. The fourth-order valence-electron chi connectivity index (χ4n) is 4.13. The highest BCUT2D eigenvalue weighted by atomic mass is 19.2. The Kier molecular flexibility index (Phi) is 6.55. The normalized spacial score (nSPS) is 14.7. The van der Waals surface area contributed by atoms with Crippen molar-refractivity contribution in [3.05, 3.63) is 78.0 Å². The summed E-state index contributed by atoms with van der Waals surface area (Å²) in [5.41, 5.74) is 1.87. The predicted molar refractivity (Wildman–Crippen MR) is 121 cm³/mol. The van der Waals surface area contributed by atoms with Crippen molar-refractivity contribution in [2.75, 3.05) is 39.3 Å². The number of carbonyl (C=O) groups is 1. The molecule has 0 atom stereocenters. The van der Waals surface area contributed by atoms with Crippen molar-refractivity contribution >= 4 is 16.8 Å². The van der Waals surface area contributed by atoms with Gasteiger partial charge in [-0.3, -0.25) is 4.79 Å². The standard InChI is InChI=1S/C25H27F2N3O2/c1-3-14-32-24-7-5-6-22-19(24)16-23(25(31)29-12-10-28(4-2)11-13-29)30(22)17-18-8-9-20(26)21(27)15-18/h3,5-9,15-16H,1,4,10-14,17H2,2H3. The molecule has 0 radical (unpaired) electrons. The monoisotopic (exact) mass is 439 g/mol. The predicted octanol–water partition coefficient (Wildman–Crippen LogP) is 4.31. The van der Waals surface area contributed by atoms with Gasteiger partial charge in [-0.05, 0) is 42.4 Å². The topological polar surface area (TPSA) is 37.7 Å². The smallest absolute Gasteiger partial charge is 0.270 e. The zero-order valence-electron chi connectivity index (χ0n) is 18.2. The van der Waals surface area contributed by atoms with Crippen LogP contribution >= 0.6 is 0 Å². The summed E-state index contributed by atoms with van der Waals surface area (Å²) in [5.74, 6) is -1.22. The molecule has 0 N–H and O–H groups in total. The molecule has 0 bridgehead atoms. The number of hydrogen-bond acceptors (Lipinski definition) is 3. The Morgan fingerprint density at radius 1 is 1.09 bits per heavy atom. The molecule has 1 saturated heterocycles. The van der Waals surface area contributed by atoms with Gasteiger partial charge in [0.15, 0.2) is 11.6 Å². The minimum Gasteiger partial charge on any atom is -0.489 e. The summed E-state index contributed by atoms with van der Waals surface area (Å²) in [4.78, 5) is 17.7. The van der Waals surface area contributed by atoms with E-state index in [1.54, 1.807) is 6.08 Å². The van der Waals surface area contributed by atoms with Gasteiger partial charge in [-0.1, -0.05) is 31.7 Å². The van der Waals surface area contributed by atoms with Crippen LogP contribution in [-0.2, 0) is 6.54 Å². The second-order valence-corrected chi connectivity index (χ2v) is 7.88. The van der Waals surface area contributed by atoms with Gasteiger partial charge in [-0.15, -0.1) is 0 Å². The van der Waals surface area contributed by atoms with Gasteiger partial charge in [0.05, 0.1) is 5.52 Å². The maximum atomic E-state index is 13.9.